The molecule has 0 aromatic rings. The van der Waals surface area contributed by atoms with Gasteiger partial charge in [0.05, 0.1) is 6.61 Å². The molecule has 72 valence electrons. The van der Waals surface area contributed by atoms with Gasteiger partial charge in [-0.3, -0.25) is 0 Å². The minimum absolute atomic E-state index is 0. The van der Waals surface area contributed by atoms with E-state index in [-0.39, 0.29) is 17.8 Å². The highest BCUT2D eigenvalue weighted by Crippen LogP contribution is 2.42. The molecule has 1 aliphatic heterocycles. The third-order valence-electron chi connectivity index (χ3n) is 3.53. The number of rotatable bonds is 1. The first-order chi connectivity index (χ1) is 5.37. The van der Waals surface area contributed by atoms with Crippen LogP contribution in [0.5, 0.6) is 0 Å². The molecule has 0 radical (unpaired) electrons. The summed E-state index contributed by atoms with van der Waals surface area (Å²) in [6.45, 7) is 2.58. The highest BCUT2D eigenvalue weighted by molar-refractivity contribution is 5.85. The summed E-state index contributed by atoms with van der Waals surface area (Å²) in [6.07, 6.45) is 5.25. The summed E-state index contributed by atoms with van der Waals surface area (Å²) in [6, 6.07) is 0. The highest BCUT2D eigenvalue weighted by Gasteiger charge is 2.43. The Labute approximate surface area is 80.1 Å². The Morgan fingerprint density at radius 1 is 1.42 bits per heavy atom. The van der Waals surface area contributed by atoms with Gasteiger partial charge in [0.15, 0.2) is 0 Å². The van der Waals surface area contributed by atoms with Crippen molar-refractivity contribution in [3.63, 3.8) is 0 Å². The van der Waals surface area contributed by atoms with E-state index in [1.807, 2.05) is 0 Å². The monoisotopic (exact) mass is 191 g/mol. The number of fused-ring (bicyclic) bond motifs is 1. The van der Waals surface area contributed by atoms with E-state index in [2.05, 4.69) is 5.32 Å². The van der Waals surface area contributed by atoms with Gasteiger partial charge in [0.2, 0.25) is 0 Å². The second kappa shape index (κ2) is 3.95. The topological polar surface area (TPSA) is 32.3 Å². The SMILES string of the molecule is Cl.OCC12CCCCC1CNC2. The standard InChI is InChI=1S/C9H17NO.ClH/c11-7-9-4-2-1-3-8(9)5-10-6-9;/h8,10-11H,1-7H2;1H. The van der Waals surface area contributed by atoms with E-state index >= 15 is 0 Å². The zero-order chi connectivity index (χ0) is 7.73. The van der Waals surface area contributed by atoms with Crippen molar-refractivity contribution in [2.45, 2.75) is 25.7 Å². The maximum Gasteiger partial charge on any atom is 0.0502 e. The molecule has 0 aromatic heterocycles. The lowest BCUT2D eigenvalue weighted by molar-refractivity contribution is 0.0621. The van der Waals surface area contributed by atoms with Crippen LogP contribution in [0.2, 0.25) is 0 Å². The molecule has 0 amide bonds. The third kappa shape index (κ3) is 1.48. The Morgan fingerprint density at radius 3 is 2.92 bits per heavy atom. The molecule has 3 heteroatoms. The normalized spacial score (nSPS) is 40.2. The van der Waals surface area contributed by atoms with E-state index in [0.717, 1.165) is 19.0 Å². The fourth-order valence-corrected chi connectivity index (χ4v) is 2.69. The van der Waals surface area contributed by atoms with Crippen molar-refractivity contribution in [2.24, 2.45) is 11.3 Å². The van der Waals surface area contributed by atoms with Gasteiger partial charge in [0, 0.05) is 12.0 Å². The van der Waals surface area contributed by atoms with Crippen molar-refractivity contribution in [1.29, 1.82) is 0 Å². The van der Waals surface area contributed by atoms with Crippen LogP contribution in [0.4, 0.5) is 0 Å². The third-order valence-corrected chi connectivity index (χ3v) is 3.53. The number of hydrogen-bond donors (Lipinski definition) is 2. The van der Waals surface area contributed by atoms with Crippen LogP contribution in [0.25, 0.3) is 0 Å². The predicted octanol–water partition coefficient (Wildman–Crippen LogP) is 1.18. The Bertz CT molecular complexity index is 153. The molecule has 1 saturated carbocycles. The molecule has 2 rings (SSSR count). The second-order valence-corrected chi connectivity index (χ2v) is 4.09. The largest absolute Gasteiger partial charge is 0.396 e. The van der Waals surface area contributed by atoms with Crippen LogP contribution in [0.3, 0.4) is 0 Å². The number of halogens is 1. The molecule has 2 N–H and O–H groups in total. The second-order valence-electron chi connectivity index (χ2n) is 4.09. The van der Waals surface area contributed by atoms with Crippen LogP contribution >= 0.6 is 12.4 Å². The van der Waals surface area contributed by atoms with Crippen LogP contribution in [-0.4, -0.2) is 24.8 Å². The Kier molecular flexibility index (Phi) is 3.38. The number of nitrogens with one attached hydrogen (secondary N) is 1. The molecular weight excluding hydrogens is 174 g/mol. The average molecular weight is 192 g/mol. The van der Waals surface area contributed by atoms with E-state index in [1.165, 1.54) is 25.7 Å². The van der Waals surface area contributed by atoms with Gasteiger partial charge < -0.3 is 10.4 Å². The summed E-state index contributed by atoms with van der Waals surface area (Å²) < 4.78 is 0. The van der Waals surface area contributed by atoms with Gasteiger partial charge in [-0.2, -0.15) is 0 Å². The summed E-state index contributed by atoms with van der Waals surface area (Å²) in [7, 11) is 0. The lowest BCUT2D eigenvalue weighted by Crippen LogP contribution is -2.36. The van der Waals surface area contributed by atoms with Gasteiger partial charge >= 0.3 is 0 Å². The van der Waals surface area contributed by atoms with Crippen molar-refractivity contribution >= 4 is 12.4 Å². The summed E-state index contributed by atoms with van der Waals surface area (Å²) in [5, 5.41) is 12.7. The Morgan fingerprint density at radius 2 is 2.25 bits per heavy atom. The molecule has 0 spiro atoms. The van der Waals surface area contributed by atoms with E-state index in [1.54, 1.807) is 0 Å². The van der Waals surface area contributed by atoms with Crippen molar-refractivity contribution < 1.29 is 5.11 Å². The Balaban J connectivity index is 0.000000720. The molecule has 1 heterocycles. The number of aliphatic hydroxyl groups is 1. The van der Waals surface area contributed by atoms with Gasteiger partial charge in [-0.05, 0) is 25.3 Å². The Hall–Kier alpha value is 0.210. The zero-order valence-corrected chi connectivity index (χ0v) is 8.20. The molecule has 1 aliphatic carbocycles. The fourth-order valence-electron chi connectivity index (χ4n) is 2.69. The first-order valence-corrected chi connectivity index (χ1v) is 4.69. The molecule has 2 unspecified atom stereocenters. The lowest BCUT2D eigenvalue weighted by atomic mass is 9.69. The number of aliphatic hydroxyl groups excluding tert-OH is 1. The van der Waals surface area contributed by atoms with Crippen LogP contribution < -0.4 is 5.32 Å². The van der Waals surface area contributed by atoms with Crippen molar-refractivity contribution in [2.75, 3.05) is 19.7 Å². The fraction of sp³-hybridized carbons (Fsp3) is 1.00. The van der Waals surface area contributed by atoms with Crippen molar-refractivity contribution in [1.82, 2.24) is 5.32 Å². The maximum absolute atomic E-state index is 9.31. The quantitative estimate of drug-likeness (QED) is 0.653. The molecule has 0 bridgehead atoms. The van der Waals surface area contributed by atoms with Crippen molar-refractivity contribution in [3.8, 4) is 0 Å². The smallest absolute Gasteiger partial charge is 0.0502 e. The molecule has 2 atom stereocenters. The van der Waals surface area contributed by atoms with Crippen molar-refractivity contribution in [3.05, 3.63) is 0 Å². The lowest BCUT2D eigenvalue weighted by Gasteiger charge is -2.36. The molecular formula is C9H18ClNO. The van der Waals surface area contributed by atoms with Gasteiger partial charge in [0.25, 0.3) is 0 Å². The molecule has 2 nitrogen and oxygen atoms in total. The first-order valence-electron chi connectivity index (χ1n) is 4.69. The highest BCUT2D eigenvalue weighted by atomic mass is 35.5. The van der Waals surface area contributed by atoms with E-state index in [4.69, 9.17) is 0 Å². The summed E-state index contributed by atoms with van der Waals surface area (Å²) in [5.41, 5.74) is 0.276. The van der Waals surface area contributed by atoms with Crippen LogP contribution in [0, 0.1) is 11.3 Å². The summed E-state index contributed by atoms with van der Waals surface area (Å²) in [4.78, 5) is 0. The summed E-state index contributed by atoms with van der Waals surface area (Å²) in [5.74, 6) is 0.765. The van der Waals surface area contributed by atoms with Gasteiger partial charge in [0.1, 0.15) is 0 Å². The minimum atomic E-state index is 0. The first kappa shape index (κ1) is 10.3. The van der Waals surface area contributed by atoms with Gasteiger partial charge in [-0.1, -0.05) is 12.8 Å². The van der Waals surface area contributed by atoms with Crippen LogP contribution in [0.15, 0.2) is 0 Å². The predicted molar refractivity (Wildman–Crippen MR) is 51.6 cm³/mol. The van der Waals surface area contributed by atoms with Gasteiger partial charge in [-0.15, -0.1) is 12.4 Å². The minimum Gasteiger partial charge on any atom is -0.396 e. The van der Waals surface area contributed by atoms with E-state index in [9.17, 15) is 5.11 Å². The maximum atomic E-state index is 9.31. The molecule has 2 aliphatic rings. The van der Waals surface area contributed by atoms with E-state index in [0.29, 0.717) is 6.61 Å². The number of hydrogen-bond acceptors (Lipinski definition) is 2. The van der Waals surface area contributed by atoms with Crippen LogP contribution in [-0.2, 0) is 0 Å². The molecule has 0 aromatic carbocycles. The van der Waals surface area contributed by atoms with Crippen LogP contribution in [0.1, 0.15) is 25.7 Å². The zero-order valence-electron chi connectivity index (χ0n) is 7.38. The summed E-state index contributed by atoms with van der Waals surface area (Å²) >= 11 is 0. The molecule has 2 fully saturated rings. The van der Waals surface area contributed by atoms with E-state index < -0.39 is 0 Å². The average Bonchev–Trinajstić information content (AvgIpc) is 2.48. The van der Waals surface area contributed by atoms with Gasteiger partial charge in [-0.25, -0.2) is 0 Å². The molecule has 12 heavy (non-hydrogen) atoms. The molecule has 1 saturated heterocycles.